The Balaban J connectivity index is 1.63. The first-order chi connectivity index (χ1) is 11.8. The fraction of sp³-hybridized carbons (Fsp3) is 0.471. The lowest BCUT2D eigenvalue weighted by Gasteiger charge is -2.37. The van der Waals surface area contributed by atoms with Gasteiger partial charge in [-0.3, -0.25) is 9.59 Å². The fourth-order valence-corrected chi connectivity index (χ4v) is 4.96. The molecule has 3 rings (SSSR count). The Kier molecular flexibility index (Phi) is 5.31. The van der Waals surface area contributed by atoms with E-state index in [0.717, 1.165) is 14.4 Å². The highest BCUT2D eigenvalue weighted by atomic mass is 79.9. The quantitative estimate of drug-likeness (QED) is 0.708. The zero-order valence-corrected chi connectivity index (χ0v) is 17.6. The van der Waals surface area contributed by atoms with Gasteiger partial charge in [0.15, 0.2) is 0 Å². The maximum absolute atomic E-state index is 12.7. The summed E-state index contributed by atoms with van der Waals surface area (Å²) in [6, 6.07) is 2.01. The van der Waals surface area contributed by atoms with E-state index in [-0.39, 0.29) is 17.2 Å². The number of carbonyl (C=O) groups excluding carboxylic acids is 2. The van der Waals surface area contributed by atoms with Crippen LogP contribution in [0.25, 0.3) is 9.88 Å². The minimum absolute atomic E-state index is 0.0546. The molecule has 5 nitrogen and oxygen atoms in total. The van der Waals surface area contributed by atoms with Crippen LogP contribution < -0.4 is 0 Å². The van der Waals surface area contributed by atoms with E-state index in [0.29, 0.717) is 31.9 Å². The Morgan fingerprint density at radius 3 is 2.28 bits per heavy atom. The molecule has 1 fully saturated rings. The summed E-state index contributed by atoms with van der Waals surface area (Å²) in [5.41, 5.74) is 0.102. The number of halogens is 1. The lowest BCUT2D eigenvalue weighted by atomic mass is 9.94. The third-order valence-electron chi connectivity index (χ3n) is 4.00. The Labute approximate surface area is 163 Å². The molecule has 1 aliphatic rings. The van der Waals surface area contributed by atoms with Crippen LogP contribution in [0.2, 0.25) is 0 Å². The van der Waals surface area contributed by atoms with Gasteiger partial charge < -0.3 is 9.80 Å². The van der Waals surface area contributed by atoms with Gasteiger partial charge in [-0.1, -0.05) is 20.8 Å². The summed E-state index contributed by atoms with van der Waals surface area (Å²) in [5.74, 6) is 0.0831. The third-order valence-corrected chi connectivity index (χ3v) is 6.70. The number of thiophene rings is 1. The van der Waals surface area contributed by atoms with Gasteiger partial charge in [0.2, 0.25) is 5.91 Å². The van der Waals surface area contributed by atoms with E-state index in [1.807, 2.05) is 42.5 Å². The van der Waals surface area contributed by atoms with E-state index in [1.54, 1.807) is 16.2 Å². The summed E-state index contributed by atoms with van der Waals surface area (Å²) in [4.78, 5) is 34.2. The molecule has 25 heavy (non-hydrogen) atoms. The smallest absolute Gasteiger partial charge is 0.273 e. The molecule has 0 radical (unpaired) electrons. The lowest BCUT2D eigenvalue weighted by Crippen LogP contribution is -2.53. The molecular formula is C17H20BrN3O2S2. The average Bonchev–Trinajstić information content (AvgIpc) is 3.21. The normalized spacial score (nSPS) is 15.5. The number of amides is 2. The van der Waals surface area contributed by atoms with Gasteiger partial charge in [0.25, 0.3) is 5.91 Å². The molecule has 0 saturated carbocycles. The topological polar surface area (TPSA) is 53.5 Å². The highest BCUT2D eigenvalue weighted by Crippen LogP contribution is 2.32. The molecule has 2 aromatic heterocycles. The Hall–Kier alpha value is -1.25. The zero-order valence-electron chi connectivity index (χ0n) is 14.4. The summed E-state index contributed by atoms with van der Waals surface area (Å²) in [6.07, 6.45) is 0. The number of thiazole rings is 1. The van der Waals surface area contributed by atoms with E-state index in [1.165, 1.54) is 11.3 Å². The van der Waals surface area contributed by atoms with Gasteiger partial charge in [0.05, 0.1) is 4.88 Å². The summed E-state index contributed by atoms with van der Waals surface area (Å²) in [6.45, 7) is 8.04. The van der Waals surface area contributed by atoms with Crippen molar-refractivity contribution in [3.8, 4) is 9.88 Å². The third kappa shape index (κ3) is 4.12. The van der Waals surface area contributed by atoms with Gasteiger partial charge in [-0.25, -0.2) is 4.98 Å². The summed E-state index contributed by atoms with van der Waals surface area (Å²) >= 11 is 6.52. The molecule has 134 valence electrons. The molecule has 0 unspecified atom stereocenters. The van der Waals surface area contributed by atoms with E-state index < -0.39 is 0 Å². The second kappa shape index (κ2) is 7.17. The molecule has 2 amide bonds. The Bertz CT molecular complexity index is 786. The number of hydrogen-bond donors (Lipinski definition) is 0. The largest absolute Gasteiger partial charge is 0.339 e. The van der Waals surface area contributed by atoms with Crippen molar-refractivity contribution in [2.24, 2.45) is 5.41 Å². The molecule has 1 saturated heterocycles. The standard InChI is InChI=1S/C17H20BrN3O2S2/c1-17(2,3)16(23)21-6-4-20(5-7-21)15(22)12-10-25-14(19-12)13-8-11(18)9-24-13/h8-10H,4-7H2,1-3H3. The second-order valence-corrected chi connectivity index (χ2v) is 9.69. The Morgan fingerprint density at radius 2 is 1.72 bits per heavy atom. The van der Waals surface area contributed by atoms with Crippen molar-refractivity contribution in [2.75, 3.05) is 26.2 Å². The number of carbonyl (C=O) groups is 2. The number of hydrogen-bond acceptors (Lipinski definition) is 5. The van der Waals surface area contributed by atoms with Crippen LogP contribution in [0, 0.1) is 5.41 Å². The van der Waals surface area contributed by atoms with Crippen molar-refractivity contribution in [3.63, 3.8) is 0 Å². The van der Waals surface area contributed by atoms with Crippen LogP contribution in [0.15, 0.2) is 21.3 Å². The predicted octanol–water partition coefficient (Wildman–Crippen LogP) is 3.96. The van der Waals surface area contributed by atoms with E-state index in [9.17, 15) is 9.59 Å². The van der Waals surface area contributed by atoms with Crippen molar-refractivity contribution in [3.05, 3.63) is 27.0 Å². The summed E-state index contributed by atoms with van der Waals surface area (Å²) < 4.78 is 1.02. The SMILES string of the molecule is CC(C)(C)C(=O)N1CCN(C(=O)c2csc(-c3cc(Br)cs3)n2)CC1. The van der Waals surface area contributed by atoms with Gasteiger partial charge in [0.1, 0.15) is 10.7 Å². The van der Waals surface area contributed by atoms with Gasteiger partial charge in [0, 0.05) is 46.8 Å². The van der Waals surface area contributed by atoms with Crippen molar-refractivity contribution >= 4 is 50.4 Å². The van der Waals surface area contributed by atoms with Crippen molar-refractivity contribution in [1.82, 2.24) is 14.8 Å². The highest BCUT2D eigenvalue weighted by Gasteiger charge is 2.31. The fourth-order valence-electron chi connectivity index (χ4n) is 2.66. The maximum Gasteiger partial charge on any atom is 0.273 e. The minimum atomic E-state index is -0.384. The van der Waals surface area contributed by atoms with Crippen LogP contribution in [-0.4, -0.2) is 52.8 Å². The van der Waals surface area contributed by atoms with Crippen molar-refractivity contribution in [1.29, 1.82) is 0 Å². The van der Waals surface area contributed by atoms with Crippen LogP contribution in [-0.2, 0) is 4.79 Å². The highest BCUT2D eigenvalue weighted by molar-refractivity contribution is 9.10. The number of aromatic nitrogens is 1. The summed E-state index contributed by atoms with van der Waals surface area (Å²) in [5, 5.41) is 4.68. The van der Waals surface area contributed by atoms with Gasteiger partial charge in [-0.2, -0.15) is 0 Å². The van der Waals surface area contributed by atoms with Gasteiger partial charge in [-0.15, -0.1) is 22.7 Å². The Morgan fingerprint density at radius 1 is 1.08 bits per heavy atom. The summed E-state index contributed by atoms with van der Waals surface area (Å²) in [7, 11) is 0. The molecule has 2 aromatic rings. The number of rotatable bonds is 2. The average molecular weight is 442 g/mol. The molecule has 0 bridgehead atoms. The van der Waals surface area contributed by atoms with Gasteiger partial charge in [-0.05, 0) is 22.0 Å². The molecule has 0 N–H and O–H groups in total. The molecule has 0 aliphatic carbocycles. The molecule has 3 heterocycles. The van der Waals surface area contributed by atoms with Crippen LogP contribution in [0.4, 0.5) is 0 Å². The van der Waals surface area contributed by atoms with E-state index in [2.05, 4.69) is 20.9 Å². The predicted molar refractivity (Wildman–Crippen MR) is 105 cm³/mol. The molecule has 0 spiro atoms. The molecule has 0 atom stereocenters. The number of nitrogens with zero attached hydrogens (tertiary/aromatic N) is 3. The molecule has 8 heteroatoms. The van der Waals surface area contributed by atoms with Crippen molar-refractivity contribution in [2.45, 2.75) is 20.8 Å². The first-order valence-electron chi connectivity index (χ1n) is 8.04. The monoisotopic (exact) mass is 441 g/mol. The zero-order chi connectivity index (χ0) is 18.2. The number of piperazine rings is 1. The maximum atomic E-state index is 12.7. The van der Waals surface area contributed by atoms with Crippen LogP contribution >= 0.6 is 38.6 Å². The van der Waals surface area contributed by atoms with Crippen LogP contribution in [0.1, 0.15) is 31.3 Å². The van der Waals surface area contributed by atoms with Crippen molar-refractivity contribution < 1.29 is 9.59 Å². The lowest BCUT2D eigenvalue weighted by molar-refractivity contribution is -0.140. The molecule has 0 aromatic carbocycles. The van der Waals surface area contributed by atoms with Crippen LogP contribution in [0.3, 0.4) is 0 Å². The van der Waals surface area contributed by atoms with E-state index >= 15 is 0 Å². The minimum Gasteiger partial charge on any atom is -0.339 e. The van der Waals surface area contributed by atoms with E-state index in [4.69, 9.17) is 0 Å². The molecular weight excluding hydrogens is 422 g/mol. The first kappa shape index (κ1) is 18.5. The van der Waals surface area contributed by atoms with Crippen LogP contribution in [0.5, 0.6) is 0 Å². The first-order valence-corrected chi connectivity index (χ1v) is 10.6. The second-order valence-electron chi connectivity index (χ2n) is 7.00. The van der Waals surface area contributed by atoms with Gasteiger partial charge >= 0.3 is 0 Å². The molecule has 1 aliphatic heterocycles.